The van der Waals surface area contributed by atoms with Gasteiger partial charge in [0.25, 0.3) is 0 Å². The predicted molar refractivity (Wildman–Crippen MR) is 52.3 cm³/mol. The topological polar surface area (TPSA) is 37.3 Å². The van der Waals surface area contributed by atoms with Gasteiger partial charge >= 0.3 is 12.1 Å². The molecule has 0 aliphatic rings. The smallest absolute Gasteiger partial charge is 0.406 e. The minimum Gasteiger partial charge on any atom is -0.481 e. The Labute approximate surface area is 90.7 Å². The van der Waals surface area contributed by atoms with Crippen molar-refractivity contribution in [1.29, 1.82) is 0 Å². The van der Waals surface area contributed by atoms with E-state index in [9.17, 15) is 18.0 Å². The van der Waals surface area contributed by atoms with E-state index < -0.39 is 18.1 Å². The molecule has 0 saturated carbocycles. The van der Waals surface area contributed by atoms with Crippen LogP contribution < -0.4 is 0 Å². The second-order valence-corrected chi connectivity index (χ2v) is 3.37. The fourth-order valence-electron chi connectivity index (χ4n) is 1.59. The number of aryl methyl sites for hydroxylation is 1. The fourth-order valence-corrected chi connectivity index (χ4v) is 1.59. The summed E-state index contributed by atoms with van der Waals surface area (Å²) in [5.74, 6) is -4.31. The minimum atomic E-state index is -4.77. The lowest BCUT2D eigenvalue weighted by atomic mass is 9.92. The number of halogens is 3. The summed E-state index contributed by atoms with van der Waals surface area (Å²) >= 11 is 0. The first-order valence-corrected chi connectivity index (χ1v) is 4.75. The molecule has 1 N–H and O–H groups in total. The minimum absolute atomic E-state index is 0.176. The SMILES string of the molecule is CCc1ccccc1C(C(=O)O)C(F)(F)F. The first kappa shape index (κ1) is 12.5. The first-order valence-electron chi connectivity index (χ1n) is 4.75. The highest BCUT2D eigenvalue weighted by Crippen LogP contribution is 2.36. The molecule has 5 heteroatoms. The van der Waals surface area contributed by atoms with Crippen LogP contribution in [0.25, 0.3) is 0 Å². The van der Waals surface area contributed by atoms with Crippen LogP contribution in [0.15, 0.2) is 24.3 Å². The molecule has 1 atom stereocenters. The maximum atomic E-state index is 12.6. The van der Waals surface area contributed by atoms with Gasteiger partial charge in [-0.25, -0.2) is 0 Å². The zero-order valence-corrected chi connectivity index (χ0v) is 8.58. The van der Waals surface area contributed by atoms with Gasteiger partial charge < -0.3 is 5.11 Å². The van der Waals surface area contributed by atoms with Crippen molar-refractivity contribution in [1.82, 2.24) is 0 Å². The van der Waals surface area contributed by atoms with Crippen molar-refractivity contribution in [3.63, 3.8) is 0 Å². The quantitative estimate of drug-likeness (QED) is 0.869. The average molecular weight is 232 g/mol. The molecule has 0 aliphatic heterocycles. The third-order valence-corrected chi connectivity index (χ3v) is 2.32. The molecule has 0 bridgehead atoms. The van der Waals surface area contributed by atoms with Gasteiger partial charge in [0.05, 0.1) is 0 Å². The van der Waals surface area contributed by atoms with E-state index in [0.29, 0.717) is 12.0 Å². The van der Waals surface area contributed by atoms with Crippen molar-refractivity contribution in [3.8, 4) is 0 Å². The Balaban J connectivity index is 3.27. The van der Waals surface area contributed by atoms with Crippen molar-refractivity contribution in [3.05, 3.63) is 35.4 Å². The number of hydrogen-bond donors (Lipinski definition) is 1. The Morgan fingerprint density at radius 3 is 2.38 bits per heavy atom. The number of benzene rings is 1. The summed E-state index contributed by atoms with van der Waals surface area (Å²) in [5.41, 5.74) is 0.234. The lowest BCUT2D eigenvalue weighted by molar-refractivity contribution is -0.176. The Kier molecular flexibility index (Phi) is 3.57. The van der Waals surface area contributed by atoms with E-state index in [1.807, 2.05) is 0 Å². The van der Waals surface area contributed by atoms with E-state index in [-0.39, 0.29) is 5.56 Å². The summed E-state index contributed by atoms with van der Waals surface area (Å²) in [4.78, 5) is 10.7. The molecular weight excluding hydrogens is 221 g/mol. The van der Waals surface area contributed by atoms with Gasteiger partial charge in [0.2, 0.25) is 0 Å². The van der Waals surface area contributed by atoms with Gasteiger partial charge in [-0.1, -0.05) is 31.2 Å². The molecule has 0 spiro atoms. The number of rotatable bonds is 3. The molecule has 1 aromatic rings. The largest absolute Gasteiger partial charge is 0.481 e. The zero-order valence-electron chi connectivity index (χ0n) is 8.58. The molecule has 0 amide bonds. The molecule has 0 aromatic heterocycles. The second kappa shape index (κ2) is 4.55. The Hall–Kier alpha value is -1.52. The van der Waals surface area contributed by atoms with E-state index in [1.54, 1.807) is 13.0 Å². The lowest BCUT2D eigenvalue weighted by Gasteiger charge is -2.18. The maximum Gasteiger partial charge on any atom is 0.406 e. The van der Waals surface area contributed by atoms with Crippen LogP contribution in [0.4, 0.5) is 13.2 Å². The van der Waals surface area contributed by atoms with Gasteiger partial charge in [-0.3, -0.25) is 4.79 Å². The van der Waals surface area contributed by atoms with E-state index in [2.05, 4.69) is 0 Å². The standard InChI is InChI=1S/C11H11F3O2/c1-2-7-5-3-4-6-8(7)9(10(15)16)11(12,13)14/h3-6,9H,2H2,1H3,(H,15,16). The van der Waals surface area contributed by atoms with Gasteiger partial charge in [0, 0.05) is 0 Å². The van der Waals surface area contributed by atoms with Crippen LogP contribution in [0, 0.1) is 0 Å². The van der Waals surface area contributed by atoms with E-state index >= 15 is 0 Å². The van der Waals surface area contributed by atoms with Crippen LogP contribution in [0.3, 0.4) is 0 Å². The van der Waals surface area contributed by atoms with Crippen molar-refractivity contribution >= 4 is 5.97 Å². The summed E-state index contributed by atoms with van der Waals surface area (Å²) in [6.45, 7) is 1.69. The van der Waals surface area contributed by atoms with Crippen LogP contribution in [0.2, 0.25) is 0 Å². The molecule has 0 heterocycles. The molecule has 16 heavy (non-hydrogen) atoms. The fraction of sp³-hybridized carbons (Fsp3) is 0.364. The molecule has 0 fully saturated rings. The van der Waals surface area contributed by atoms with Gasteiger partial charge in [-0.2, -0.15) is 13.2 Å². The molecule has 88 valence electrons. The lowest BCUT2D eigenvalue weighted by Crippen LogP contribution is -2.29. The van der Waals surface area contributed by atoms with Gasteiger partial charge in [-0.15, -0.1) is 0 Å². The van der Waals surface area contributed by atoms with Crippen LogP contribution in [-0.4, -0.2) is 17.3 Å². The third kappa shape index (κ3) is 2.53. The first-order chi connectivity index (χ1) is 7.38. The Morgan fingerprint density at radius 1 is 1.38 bits per heavy atom. The third-order valence-electron chi connectivity index (χ3n) is 2.32. The monoisotopic (exact) mass is 232 g/mol. The van der Waals surface area contributed by atoms with Crippen LogP contribution in [0.5, 0.6) is 0 Å². The van der Waals surface area contributed by atoms with Crippen LogP contribution in [0.1, 0.15) is 24.0 Å². The van der Waals surface area contributed by atoms with Gasteiger partial charge in [0.15, 0.2) is 5.92 Å². The zero-order chi connectivity index (χ0) is 12.3. The van der Waals surface area contributed by atoms with E-state index in [0.717, 1.165) is 0 Å². The molecule has 2 nitrogen and oxygen atoms in total. The number of alkyl halides is 3. The number of carboxylic acid groups (broad SMARTS) is 1. The molecule has 0 saturated heterocycles. The van der Waals surface area contributed by atoms with Crippen molar-refractivity contribution in [2.24, 2.45) is 0 Å². The Morgan fingerprint density at radius 2 is 1.94 bits per heavy atom. The van der Waals surface area contributed by atoms with Gasteiger partial charge in [0.1, 0.15) is 0 Å². The van der Waals surface area contributed by atoms with Crippen LogP contribution in [-0.2, 0) is 11.2 Å². The molecule has 1 aromatic carbocycles. The molecule has 1 unspecified atom stereocenters. The predicted octanol–water partition coefficient (Wildman–Crippen LogP) is 2.98. The van der Waals surface area contributed by atoms with Gasteiger partial charge in [-0.05, 0) is 17.5 Å². The highest BCUT2D eigenvalue weighted by molar-refractivity contribution is 5.77. The van der Waals surface area contributed by atoms with E-state index in [1.165, 1.54) is 18.2 Å². The van der Waals surface area contributed by atoms with E-state index in [4.69, 9.17) is 5.11 Å². The normalized spacial score (nSPS) is 13.5. The van der Waals surface area contributed by atoms with Crippen molar-refractivity contribution < 1.29 is 23.1 Å². The van der Waals surface area contributed by atoms with Crippen molar-refractivity contribution in [2.75, 3.05) is 0 Å². The van der Waals surface area contributed by atoms with Crippen molar-refractivity contribution in [2.45, 2.75) is 25.4 Å². The summed E-state index contributed by atoms with van der Waals surface area (Å²) in [6.07, 6.45) is -4.40. The highest BCUT2D eigenvalue weighted by atomic mass is 19.4. The highest BCUT2D eigenvalue weighted by Gasteiger charge is 2.46. The molecular formula is C11H11F3O2. The number of carbonyl (C=O) groups is 1. The number of hydrogen-bond acceptors (Lipinski definition) is 1. The summed E-state index contributed by atoms with van der Waals surface area (Å²) < 4.78 is 37.8. The number of aliphatic carboxylic acids is 1. The molecule has 0 aliphatic carbocycles. The molecule has 0 radical (unpaired) electrons. The average Bonchev–Trinajstić information content (AvgIpc) is 2.15. The second-order valence-electron chi connectivity index (χ2n) is 3.37. The summed E-state index contributed by atoms with van der Waals surface area (Å²) in [6, 6.07) is 5.73. The number of carboxylic acids is 1. The Bertz CT molecular complexity index is 385. The maximum absolute atomic E-state index is 12.6. The van der Waals surface area contributed by atoms with Crippen LogP contribution >= 0.6 is 0 Å². The summed E-state index contributed by atoms with van der Waals surface area (Å²) in [7, 11) is 0. The summed E-state index contributed by atoms with van der Waals surface area (Å²) in [5, 5.41) is 8.66. The molecule has 1 rings (SSSR count).